The molecule has 1 aliphatic rings. The summed E-state index contributed by atoms with van der Waals surface area (Å²) in [4.78, 5) is 0. The number of anilines is 1. The van der Waals surface area contributed by atoms with Crippen molar-refractivity contribution in [2.24, 2.45) is 0 Å². The van der Waals surface area contributed by atoms with Gasteiger partial charge in [0.1, 0.15) is 6.10 Å². The van der Waals surface area contributed by atoms with E-state index >= 15 is 0 Å². The molecule has 0 amide bonds. The summed E-state index contributed by atoms with van der Waals surface area (Å²) in [6, 6.07) is 6.41. The van der Waals surface area contributed by atoms with Crippen molar-refractivity contribution in [2.75, 3.05) is 18.9 Å². The van der Waals surface area contributed by atoms with Crippen LogP contribution in [0.3, 0.4) is 0 Å². The van der Waals surface area contributed by atoms with Crippen molar-refractivity contribution in [3.8, 4) is 5.75 Å². The molecular formula is C12H17BrN2O. The summed E-state index contributed by atoms with van der Waals surface area (Å²) in [7, 11) is 1.96. The van der Waals surface area contributed by atoms with Gasteiger partial charge in [-0.05, 0) is 55.0 Å². The molecule has 0 saturated heterocycles. The van der Waals surface area contributed by atoms with Gasteiger partial charge in [-0.3, -0.25) is 0 Å². The molecule has 0 radical (unpaired) electrons. The van der Waals surface area contributed by atoms with E-state index in [1.807, 2.05) is 25.2 Å². The lowest BCUT2D eigenvalue weighted by molar-refractivity contribution is 0.164. The maximum absolute atomic E-state index is 6.03. The summed E-state index contributed by atoms with van der Waals surface area (Å²) >= 11 is 3.52. The smallest absolute Gasteiger partial charge is 0.157 e. The number of hydrogen-bond acceptors (Lipinski definition) is 3. The van der Waals surface area contributed by atoms with Crippen molar-refractivity contribution in [3.63, 3.8) is 0 Å². The van der Waals surface area contributed by atoms with Crippen LogP contribution in [-0.4, -0.2) is 25.7 Å². The van der Waals surface area contributed by atoms with Crippen molar-refractivity contribution in [2.45, 2.75) is 25.5 Å². The van der Waals surface area contributed by atoms with Crippen molar-refractivity contribution in [1.82, 2.24) is 5.32 Å². The molecule has 1 aliphatic heterocycles. The molecule has 3 nitrogen and oxygen atoms in total. The van der Waals surface area contributed by atoms with Crippen molar-refractivity contribution >= 4 is 21.6 Å². The first-order valence-corrected chi connectivity index (χ1v) is 6.38. The van der Waals surface area contributed by atoms with Crippen LogP contribution < -0.4 is 15.4 Å². The predicted octanol–water partition coefficient (Wildman–Crippen LogP) is 2.62. The maximum atomic E-state index is 6.03. The van der Waals surface area contributed by atoms with E-state index in [2.05, 4.69) is 33.5 Å². The Morgan fingerprint density at radius 1 is 1.50 bits per heavy atom. The van der Waals surface area contributed by atoms with E-state index in [9.17, 15) is 0 Å². The summed E-state index contributed by atoms with van der Waals surface area (Å²) < 4.78 is 7.04. The molecule has 1 aromatic rings. The number of fused-ring (bicyclic) bond motifs is 1. The first-order valence-electron chi connectivity index (χ1n) is 5.58. The van der Waals surface area contributed by atoms with Gasteiger partial charge in [0.2, 0.25) is 0 Å². The Morgan fingerprint density at radius 2 is 2.31 bits per heavy atom. The molecule has 0 bridgehead atoms. The summed E-state index contributed by atoms with van der Waals surface area (Å²) in [5.74, 6) is 0.932. The van der Waals surface area contributed by atoms with E-state index < -0.39 is 0 Å². The number of halogens is 1. The molecule has 88 valence electrons. The fourth-order valence-electron chi connectivity index (χ4n) is 1.93. The SMILES string of the molecule is CNCCC1Oc2c(Br)cccc2NC1C. The minimum Gasteiger partial charge on any atom is -0.485 e. The van der Waals surface area contributed by atoms with Gasteiger partial charge in [-0.25, -0.2) is 0 Å². The molecule has 0 fully saturated rings. The third kappa shape index (κ3) is 2.33. The lowest BCUT2D eigenvalue weighted by Crippen LogP contribution is -2.40. The van der Waals surface area contributed by atoms with Crippen molar-refractivity contribution < 1.29 is 4.74 Å². The zero-order chi connectivity index (χ0) is 11.5. The van der Waals surface area contributed by atoms with Gasteiger partial charge in [-0.15, -0.1) is 0 Å². The summed E-state index contributed by atoms with van der Waals surface area (Å²) in [6.07, 6.45) is 1.23. The largest absolute Gasteiger partial charge is 0.485 e. The Hall–Kier alpha value is -0.740. The second kappa shape index (κ2) is 5.06. The first kappa shape index (κ1) is 11.7. The van der Waals surface area contributed by atoms with Gasteiger partial charge in [0.15, 0.2) is 5.75 Å². The Bertz CT molecular complexity index is 370. The minimum atomic E-state index is 0.221. The topological polar surface area (TPSA) is 33.3 Å². The van der Waals surface area contributed by atoms with E-state index in [0.717, 1.165) is 28.9 Å². The van der Waals surface area contributed by atoms with Gasteiger partial charge >= 0.3 is 0 Å². The molecule has 0 saturated carbocycles. The Morgan fingerprint density at radius 3 is 3.06 bits per heavy atom. The van der Waals surface area contributed by atoms with Crippen LogP contribution in [0.5, 0.6) is 5.75 Å². The van der Waals surface area contributed by atoms with E-state index in [4.69, 9.17) is 4.74 Å². The quantitative estimate of drug-likeness (QED) is 0.895. The van der Waals surface area contributed by atoms with Crippen LogP contribution in [0.15, 0.2) is 22.7 Å². The van der Waals surface area contributed by atoms with E-state index in [0.29, 0.717) is 6.04 Å². The number of benzene rings is 1. The highest BCUT2D eigenvalue weighted by molar-refractivity contribution is 9.10. The van der Waals surface area contributed by atoms with Gasteiger partial charge in [0, 0.05) is 0 Å². The summed E-state index contributed by atoms with van der Waals surface area (Å²) in [6.45, 7) is 3.13. The third-order valence-electron chi connectivity index (χ3n) is 2.86. The number of para-hydroxylation sites is 1. The molecular weight excluding hydrogens is 268 g/mol. The highest BCUT2D eigenvalue weighted by atomic mass is 79.9. The highest BCUT2D eigenvalue weighted by Crippen LogP contribution is 2.38. The normalized spacial score (nSPS) is 23.2. The molecule has 0 aromatic heterocycles. The van der Waals surface area contributed by atoms with Crippen LogP contribution in [0.25, 0.3) is 0 Å². The van der Waals surface area contributed by atoms with Crippen molar-refractivity contribution in [3.05, 3.63) is 22.7 Å². The fourth-order valence-corrected chi connectivity index (χ4v) is 2.39. The maximum Gasteiger partial charge on any atom is 0.157 e. The molecule has 2 N–H and O–H groups in total. The van der Waals surface area contributed by atoms with Crippen LogP contribution in [0, 0.1) is 0 Å². The number of rotatable bonds is 3. The van der Waals surface area contributed by atoms with Gasteiger partial charge < -0.3 is 15.4 Å². The Labute approximate surface area is 105 Å². The van der Waals surface area contributed by atoms with Crippen LogP contribution in [0.4, 0.5) is 5.69 Å². The fraction of sp³-hybridized carbons (Fsp3) is 0.500. The minimum absolute atomic E-state index is 0.221. The molecule has 1 aromatic carbocycles. The summed E-state index contributed by atoms with van der Waals surface area (Å²) in [5, 5.41) is 6.63. The van der Waals surface area contributed by atoms with E-state index in [1.165, 1.54) is 0 Å². The predicted molar refractivity (Wildman–Crippen MR) is 70.2 cm³/mol. The van der Waals surface area contributed by atoms with Gasteiger partial charge in [-0.2, -0.15) is 0 Å². The highest BCUT2D eigenvalue weighted by Gasteiger charge is 2.26. The van der Waals surface area contributed by atoms with Crippen LogP contribution in [0.2, 0.25) is 0 Å². The second-order valence-corrected chi connectivity index (χ2v) is 4.95. The summed E-state index contributed by atoms with van der Waals surface area (Å²) in [5.41, 5.74) is 1.07. The van der Waals surface area contributed by atoms with Gasteiger partial charge in [0.05, 0.1) is 16.2 Å². The average molecular weight is 285 g/mol. The molecule has 1 heterocycles. The molecule has 0 spiro atoms. The zero-order valence-electron chi connectivity index (χ0n) is 9.59. The Kier molecular flexibility index (Phi) is 3.71. The Balaban J connectivity index is 2.16. The molecule has 2 rings (SSSR count). The molecule has 2 unspecified atom stereocenters. The zero-order valence-corrected chi connectivity index (χ0v) is 11.2. The van der Waals surface area contributed by atoms with Crippen molar-refractivity contribution in [1.29, 1.82) is 0 Å². The number of hydrogen-bond donors (Lipinski definition) is 2. The average Bonchev–Trinajstić information content (AvgIpc) is 2.27. The lowest BCUT2D eigenvalue weighted by Gasteiger charge is -2.33. The van der Waals surface area contributed by atoms with Gasteiger partial charge in [-0.1, -0.05) is 6.07 Å². The first-order chi connectivity index (χ1) is 7.72. The molecule has 4 heteroatoms. The van der Waals surface area contributed by atoms with Crippen LogP contribution in [0.1, 0.15) is 13.3 Å². The lowest BCUT2D eigenvalue weighted by atomic mass is 10.1. The standard InChI is InChI=1S/C12H17BrN2O/c1-8-11(6-7-14-2)16-12-9(13)4-3-5-10(12)15-8/h3-5,8,11,14-15H,6-7H2,1-2H3. The molecule has 0 aliphatic carbocycles. The monoisotopic (exact) mass is 284 g/mol. The molecule has 16 heavy (non-hydrogen) atoms. The second-order valence-electron chi connectivity index (χ2n) is 4.10. The van der Waals surface area contributed by atoms with E-state index in [-0.39, 0.29) is 6.10 Å². The van der Waals surface area contributed by atoms with Crippen LogP contribution in [-0.2, 0) is 0 Å². The number of nitrogens with one attached hydrogen (secondary N) is 2. The third-order valence-corrected chi connectivity index (χ3v) is 3.48. The van der Waals surface area contributed by atoms with Gasteiger partial charge in [0.25, 0.3) is 0 Å². The molecule has 2 atom stereocenters. The number of ether oxygens (including phenoxy) is 1. The van der Waals surface area contributed by atoms with E-state index in [1.54, 1.807) is 0 Å². The van der Waals surface area contributed by atoms with Crippen LogP contribution >= 0.6 is 15.9 Å².